The van der Waals surface area contributed by atoms with Crippen LogP contribution in [0.15, 0.2) is 12.5 Å². The Bertz CT molecular complexity index is 450. The Hall–Kier alpha value is -1.85. The summed E-state index contributed by atoms with van der Waals surface area (Å²) in [6, 6.07) is -0.901. The predicted molar refractivity (Wildman–Crippen MR) is 73.0 cm³/mol. The zero-order valence-electron chi connectivity index (χ0n) is 11.6. The Morgan fingerprint density at radius 2 is 2.15 bits per heavy atom. The third-order valence-electron chi connectivity index (χ3n) is 3.98. The Labute approximate surface area is 118 Å². The molecule has 2 rings (SSSR count). The van der Waals surface area contributed by atoms with Gasteiger partial charge in [0, 0.05) is 24.2 Å². The zero-order chi connectivity index (χ0) is 14.5. The largest absolute Gasteiger partial charge is 0.480 e. The standard InChI is InChI=1S/C14H21N3O3/c1-9-2-4-10(5-3-9)13(18)17-12(14(19)20)6-11-7-15-8-16-11/h7-10,12H,2-6H2,1H3,(H,15,16)(H,17,18)(H,19,20)/t9?,10?,12-/m0/s1. The van der Waals surface area contributed by atoms with Crippen LogP contribution in [0.1, 0.15) is 38.3 Å². The van der Waals surface area contributed by atoms with E-state index in [1.165, 1.54) is 6.33 Å². The maximum Gasteiger partial charge on any atom is 0.326 e. The molecule has 1 aromatic rings. The second-order valence-electron chi connectivity index (χ2n) is 5.64. The summed E-state index contributed by atoms with van der Waals surface area (Å²) < 4.78 is 0. The Balaban J connectivity index is 1.90. The normalized spacial score (nSPS) is 24.1. The molecule has 0 bridgehead atoms. The molecule has 1 amide bonds. The second kappa shape index (κ2) is 6.54. The molecule has 1 aliphatic rings. The quantitative estimate of drug-likeness (QED) is 0.758. The van der Waals surface area contributed by atoms with Crippen LogP contribution in [-0.2, 0) is 16.0 Å². The van der Waals surface area contributed by atoms with Gasteiger partial charge in [-0.3, -0.25) is 4.79 Å². The number of aromatic nitrogens is 2. The molecule has 0 aromatic carbocycles. The summed E-state index contributed by atoms with van der Waals surface area (Å²) in [6.45, 7) is 2.19. The highest BCUT2D eigenvalue weighted by molar-refractivity contribution is 5.85. The van der Waals surface area contributed by atoms with Crippen molar-refractivity contribution in [3.05, 3.63) is 18.2 Å². The lowest BCUT2D eigenvalue weighted by atomic mass is 9.82. The smallest absolute Gasteiger partial charge is 0.326 e. The van der Waals surface area contributed by atoms with Crippen molar-refractivity contribution < 1.29 is 14.7 Å². The number of nitrogens with zero attached hydrogens (tertiary/aromatic N) is 1. The van der Waals surface area contributed by atoms with E-state index < -0.39 is 12.0 Å². The SMILES string of the molecule is CC1CCC(C(=O)N[C@@H](Cc2cnc[nH]2)C(=O)O)CC1. The van der Waals surface area contributed by atoms with Crippen molar-refractivity contribution in [2.24, 2.45) is 11.8 Å². The lowest BCUT2D eigenvalue weighted by molar-refractivity contribution is -0.142. The van der Waals surface area contributed by atoms with E-state index in [1.54, 1.807) is 6.20 Å². The summed E-state index contributed by atoms with van der Waals surface area (Å²) in [5.41, 5.74) is 0.704. The first-order chi connectivity index (χ1) is 9.56. The Morgan fingerprint density at radius 3 is 2.70 bits per heavy atom. The third-order valence-corrected chi connectivity index (χ3v) is 3.98. The number of aromatic amines is 1. The van der Waals surface area contributed by atoms with Crippen LogP contribution in [0.5, 0.6) is 0 Å². The molecule has 1 fully saturated rings. The first kappa shape index (κ1) is 14.6. The third kappa shape index (κ3) is 3.82. The van der Waals surface area contributed by atoms with E-state index in [4.69, 9.17) is 0 Å². The maximum absolute atomic E-state index is 12.1. The Morgan fingerprint density at radius 1 is 1.45 bits per heavy atom. The monoisotopic (exact) mass is 279 g/mol. The number of carboxylic acid groups (broad SMARTS) is 1. The molecule has 0 aliphatic heterocycles. The maximum atomic E-state index is 12.1. The molecule has 110 valence electrons. The van der Waals surface area contributed by atoms with Gasteiger partial charge >= 0.3 is 5.97 Å². The van der Waals surface area contributed by atoms with Gasteiger partial charge in [0.15, 0.2) is 0 Å². The van der Waals surface area contributed by atoms with E-state index in [1.807, 2.05) is 0 Å². The zero-order valence-corrected chi connectivity index (χ0v) is 11.6. The van der Waals surface area contributed by atoms with Crippen LogP contribution in [0.3, 0.4) is 0 Å². The molecule has 3 N–H and O–H groups in total. The number of imidazole rings is 1. The summed E-state index contributed by atoms with van der Waals surface area (Å²) in [6.07, 6.45) is 7.08. The number of amides is 1. The van der Waals surface area contributed by atoms with E-state index in [-0.39, 0.29) is 18.2 Å². The molecule has 20 heavy (non-hydrogen) atoms. The van der Waals surface area contributed by atoms with Gasteiger partial charge in [-0.15, -0.1) is 0 Å². The van der Waals surface area contributed by atoms with Gasteiger partial charge in [0.2, 0.25) is 5.91 Å². The highest BCUT2D eigenvalue weighted by Crippen LogP contribution is 2.28. The van der Waals surface area contributed by atoms with Crippen molar-refractivity contribution in [1.82, 2.24) is 15.3 Å². The lowest BCUT2D eigenvalue weighted by Gasteiger charge is -2.26. The fourth-order valence-corrected chi connectivity index (χ4v) is 2.63. The summed E-state index contributed by atoms with van der Waals surface area (Å²) in [7, 11) is 0. The molecule has 1 atom stereocenters. The first-order valence-corrected chi connectivity index (χ1v) is 7.06. The van der Waals surface area contributed by atoms with Gasteiger partial charge in [0.25, 0.3) is 0 Å². The number of rotatable bonds is 5. The van der Waals surface area contributed by atoms with E-state index in [0.717, 1.165) is 25.7 Å². The minimum Gasteiger partial charge on any atom is -0.480 e. The van der Waals surface area contributed by atoms with Crippen LogP contribution in [-0.4, -0.2) is 33.0 Å². The first-order valence-electron chi connectivity index (χ1n) is 7.06. The predicted octanol–water partition coefficient (Wildman–Crippen LogP) is 1.35. The van der Waals surface area contributed by atoms with Gasteiger partial charge in [0.1, 0.15) is 6.04 Å². The van der Waals surface area contributed by atoms with Gasteiger partial charge in [-0.1, -0.05) is 6.92 Å². The van der Waals surface area contributed by atoms with Crippen LogP contribution in [0.4, 0.5) is 0 Å². The van der Waals surface area contributed by atoms with E-state index in [9.17, 15) is 14.7 Å². The topological polar surface area (TPSA) is 95.1 Å². The number of H-pyrrole nitrogens is 1. The average molecular weight is 279 g/mol. The van der Waals surface area contributed by atoms with Crippen molar-refractivity contribution in [3.63, 3.8) is 0 Å². The number of hydrogen-bond acceptors (Lipinski definition) is 3. The molecule has 1 aromatic heterocycles. The number of carbonyl (C=O) groups excluding carboxylic acids is 1. The second-order valence-corrected chi connectivity index (χ2v) is 5.64. The Kier molecular flexibility index (Phi) is 4.76. The van der Waals surface area contributed by atoms with Crippen LogP contribution < -0.4 is 5.32 Å². The molecule has 0 spiro atoms. The fourth-order valence-electron chi connectivity index (χ4n) is 2.63. The minimum absolute atomic E-state index is 0.0465. The lowest BCUT2D eigenvalue weighted by Crippen LogP contribution is -2.45. The molecule has 1 saturated carbocycles. The van der Waals surface area contributed by atoms with Crippen molar-refractivity contribution in [1.29, 1.82) is 0 Å². The van der Waals surface area contributed by atoms with Crippen LogP contribution >= 0.6 is 0 Å². The fraction of sp³-hybridized carbons (Fsp3) is 0.643. The van der Waals surface area contributed by atoms with Crippen molar-refractivity contribution in [3.8, 4) is 0 Å². The summed E-state index contributed by atoms with van der Waals surface area (Å²) in [5.74, 6) is -0.532. The van der Waals surface area contributed by atoms with E-state index in [0.29, 0.717) is 11.6 Å². The van der Waals surface area contributed by atoms with E-state index in [2.05, 4.69) is 22.2 Å². The number of aliphatic carboxylic acids is 1. The number of nitrogens with one attached hydrogen (secondary N) is 2. The number of carbonyl (C=O) groups is 2. The van der Waals surface area contributed by atoms with Crippen molar-refractivity contribution >= 4 is 11.9 Å². The summed E-state index contributed by atoms with van der Waals surface area (Å²) in [4.78, 5) is 30.1. The molecule has 0 radical (unpaired) electrons. The minimum atomic E-state index is -1.02. The molecule has 0 unspecified atom stereocenters. The average Bonchev–Trinajstić information content (AvgIpc) is 2.91. The molecular weight excluding hydrogens is 258 g/mol. The molecule has 6 heteroatoms. The van der Waals surface area contributed by atoms with Crippen LogP contribution in [0, 0.1) is 11.8 Å². The summed E-state index contributed by atoms with van der Waals surface area (Å²) in [5, 5.41) is 11.9. The van der Waals surface area contributed by atoms with Gasteiger partial charge in [-0.05, 0) is 31.6 Å². The highest BCUT2D eigenvalue weighted by atomic mass is 16.4. The molecule has 1 heterocycles. The molecular formula is C14H21N3O3. The van der Waals surface area contributed by atoms with Gasteiger partial charge in [0.05, 0.1) is 6.33 Å². The number of carboxylic acids is 1. The molecule has 1 aliphatic carbocycles. The van der Waals surface area contributed by atoms with Gasteiger partial charge in [-0.25, -0.2) is 9.78 Å². The highest BCUT2D eigenvalue weighted by Gasteiger charge is 2.28. The molecule has 0 saturated heterocycles. The summed E-state index contributed by atoms with van der Waals surface area (Å²) >= 11 is 0. The van der Waals surface area contributed by atoms with Gasteiger partial charge in [-0.2, -0.15) is 0 Å². The van der Waals surface area contributed by atoms with Crippen LogP contribution in [0.25, 0.3) is 0 Å². The van der Waals surface area contributed by atoms with E-state index >= 15 is 0 Å². The molecule has 6 nitrogen and oxygen atoms in total. The van der Waals surface area contributed by atoms with Crippen molar-refractivity contribution in [2.45, 2.75) is 45.1 Å². The van der Waals surface area contributed by atoms with Crippen LogP contribution in [0.2, 0.25) is 0 Å². The van der Waals surface area contributed by atoms with Gasteiger partial charge < -0.3 is 15.4 Å². The van der Waals surface area contributed by atoms with Crippen molar-refractivity contribution in [2.75, 3.05) is 0 Å². The number of hydrogen-bond donors (Lipinski definition) is 3.